The van der Waals surface area contributed by atoms with Gasteiger partial charge < -0.3 is 14.6 Å². The molecule has 1 rings (SSSR count). The van der Waals surface area contributed by atoms with E-state index in [0.29, 0.717) is 4.24 Å². The second-order valence-electron chi connectivity index (χ2n) is 2.81. The molecule has 1 saturated heterocycles. The largest absolute Gasteiger partial charge is 0.544 e. The lowest BCUT2D eigenvalue weighted by molar-refractivity contribution is -0.299. The molecule has 1 fully saturated rings. The highest BCUT2D eigenvalue weighted by Crippen LogP contribution is 2.45. The van der Waals surface area contributed by atoms with Crippen LogP contribution in [0.1, 0.15) is 13.8 Å². The highest BCUT2D eigenvalue weighted by molar-refractivity contribution is 8.37. The van der Waals surface area contributed by atoms with Gasteiger partial charge >= 0.3 is 5.97 Å². The summed E-state index contributed by atoms with van der Waals surface area (Å²) in [6, 6.07) is 0. The maximum Gasteiger partial charge on any atom is 0.341 e. The molecule has 0 aromatic carbocycles. The van der Waals surface area contributed by atoms with Crippen molar-refractivity contribution < 1.29 is 19.4 Å². The second kappa shape index (κ2) is 4.75. The first-order valence-electron chi connectivity index (χ1n) is 3.94. The molecule has 1 aliphatic rings. The molecule has 0 aromatic rings. The normalized spacial score (nSPS) is 14.9. The predicted octanol–water partition coefficient (Wildman–Crippen LogP) is 0.337. The Morgan fingerprint density at radius 3 is 2.29 bits per heavy atom. The zero-order valence-corrected chi connectivity index (χ0v) is 9.37. The maximum atomic E-state index is 11.3. The Hall–Kier alpha value is -0.620. The van der Waals surface area contributed by atoms with Crippen molar-refractivity contribution in [1.29, 1.82) is 0 Å². The van der Waals surface area contributed by atoms with Gasteiger partial charge in [0, 0.05) is 5.08 Å². The van der Waals surface area contributed by atoms with E-state index in [1.54, 1.807) is 13.8 Å². The van der Waals surface area contributed by atoms with Crippen molar-refractivity contribution in [2.45, 2.75) is 20.0 Å². The Bertz CT molecular complexity index is 290. The number of hydrogen-bond acceptors (Lipinski definition) is 6. The number of ether oxygens (including phenoxy) is 1. The summed E-state index contributed by atoms with van der Waals surface area (Å²) in [5, 5.41) is 11.4. The van der Waals surface area contributed by atoms with Crippen molar-refractivity contribution in [2.24, 2.45) is 0 Å². The van der Waals surface area contributed by atoms with Crippen LogP contribution in [-0.2, 0) is 14.3 Å². The molecule has 1 heterocycles. The number of thioether (sulfide) groups is 2. The zero-order chi connectivity index (χ0) is 10.7. The molecule has 0 bridgehead atoms. The molecule has 0 aromatic heterocycles. The van der Waals surface area contributed by atoms with Gasteiger partial charge in [-0.15, -0.1) is 23.5 Å². The van der Waals surface area contributed by atoms with Gasteiger partial charge in [0.25, 0.3) is 0 Å². The summed E-state index contributed by atoms with van der Waals surface area (Å²) in [5.74, 6) is -2.28. The van der Waals surface area contributed by atoms with E-state index in [0.717, 1.165) is 5.08 Å². The molecule has 0 N–H and O–H groups in total. The number of esters is 1. The SMILES string of the molecule is CC(C)OC(=O)C(C(=O)[O-])=C1SCS1. The van der Waals surface area contributed by atoms with E-state index in [-0.39, 0.29) is 11.7 Å². The third-order valence-corrected chi connectivity index (χ3v) is 3.92. The van der Waals surface area contributed by atoms with Crippen LogP contribution in [0.25, 0.3) is 0 Å². The summed E-state index contributed by atoms with van der Waals surface area (Å²) in [5.41, 5.74) is -0.347. The maximum absolute atomic E-state index is 11.3. The van der Waals surface area contributed by atoms with E-state index < -0.39 is 11.9 Å². The van der Waals surface area contributed by atoms with E-state index in [4.69, 9.17) is 4.74 Å². The van der Waals surface area contributed by atoms with Crippen molar-refractivity contribution in [3.63, 3.8) is 0 Å². The minimum atomic E-state index is -1.47. The van der Waals surface area contributed by atoms with Crippen LogP contribution >= 0.6 is 23.5 Å². The molecule has 0 atom stereocenters. The minimum Gasteiger partial charge on any atom is -0.544 e. The molecule has 0 spiro atoms. The molecular weight excluding hydrogens is 224 g/mol. The van der Waals surface area contributed by atoms with Crippen LogP contribution in [0, 0.1) is 0 Å². The van der Waals surface area contributed by atoms with Gasteiger partial charge in [-0.25, -0.2) is 4.79 Å². The van der Waals surface area contributed by atoms with Crippen LogP contribution in [0.15, 0.2) is 9.81 Å². The van der Waals surface area contributed by atoms with E-state index in [9.17, 15) is 14.7 Å². The van der Waals surface area contributed by atoms with Gasteiger partial charge in [0.1, 0.15) is 5.57 Å². The lowest BCUT2D eigenvalue weighted by Crippen LogP contribution is -2.32. The molecule has 0 radical (unpaired) electrons. The van der Waals surface area contributed by atoms with E-state index in [2.05, 4.69) is 0 Å². The standard InChI is InChI=1S/C8H10O4S2/c1-4(2)12-7(11)5(6(9)10)8-13-3-14-8/h4H,3H2,1-2H3,(H,9,10)/p-1. The fraction of sp³-hybridized carbons (Fsp3) is 0.500. The van der Waals surface area contributed by atoms with E-state index >= 15 is 0 Å². The van der Waals surface area contributed by atoms with E-state index in [1.165, 1.54) is 23.5 Å². The second-order valence-corrected chi connectivity index (χ2v) is 5.41. The van der Waals surface area contributed by atoms with Crippen LogP contribution < -0.4 is 5.11 Å². The highest BCUT2D eigenvalue weighted by atomic mass is 32.3. The number of carboxylic acid groups (broad SMARTS) is 1. The molecule has 6 heteroatoms. The number of aliphatic carboxylic acids is 1. The van der Waals surface area contributed by atoms with Crippen LogP contribution in [-0.4, -0.2) is 23.1 Å². The molecule has 78 valence electrons. The first kappa shape index (κ1) is 11.5. The first-order chi connectivity index (χ1) is 6.52. The lowest BCUT2D eigenvalue weighted by atomic mass is 10.3. The minimum absolute atomic E-state index is 0.326. The number of carboxylic acids is 1. The number of rotatable bonds is 3. The molecular formula is C8H9O4S2-. The van der Waals surface area contributed by atoms with Crippen molar-refractivity contribution in [3.8, 4) is 0 Å². The molecule has 0 saturated carbocycles. The molecule has 14 heavy (non-hydrogen) atoms. The Morgan fingerprint density at radius 1 is 1.43 bits per heavy atom. The first-order valence-corrected chi connectivity index (χ1v) is 5.91. The molecule has 0 unspecified atom stereocenters. The molecule has 4 nitrogen and oxygen atoms in total. The van der Waals surface area contributed by atoms with Crippen molar-refractivity contribution in [2.75, 3.05) is 5.08 Å². The highest BCUT2D eigenvalue weighted by Gasteiger charge is 2.24. The van der Waals surface area contributed by atoms with Gasteiger partial charge in [0.2, 0.25) is 0 Å². The Balaban J connectivity index is 2.79. The van der Waals surface area contributed by atoms with Gasteiger partial charge in [-0.3, -0.25) is 0 Å². The van der Waals surface area contributed by atoms with Crippen molar-refractivity contribution >= 4 is 35.5 Å². The van der Waals surface area contributed by atoms with Crippen LogP contribution in [0.5, 0.6) is 0 Å². The number of carbonyl (C=O) groups is 2. The van der Waals surface area contributed by atoms with Crippen LogP contribution in [0.3, 0.4) is 0 Å². The molecule has 1 aliphatic heterocycles. The van der Waals surface area contributed by atoms with Gasteiger partial charge in [0.05, 0.1) is 16.3 Å². The Morgan fingerprint density at radius 2 is 2.00 bits per heavy atom. The zero-order valence-electron chi connectivity index (χ0n) is 7.73. The summed E-state index contributed by atoms with van der Waals surface area (Å²) in [4.78, 5) is 22.0. The third kappa shape index (κ3) is 2.68. The summed E-state index contributed by atoms with van der Waals surface area (Å²) in [6.07, 6.45) is -0.326. The average Bonchev–Trinajstić information content (AvgIpc) is 1.93. The number of carbonyl (C=O) groups excluding carboxylic acids is 2. The number of hydrogen-bond donors (Lipinski definition) is 0. The van der Waals surface area contributed by atoms with Gasteiger partial charge in [0.15, 0.2) is 0 Å². The topological polar surface area (TPSA) is 66.4 Å². The molecule has 0 aliphatic carbocycles. The van der Waals surface area contributed by atoms with Gasteiger partial charge in [-0.2, -0.15) is 0 Å². The van der Waals surface area contributed by atoms with Crippen molar-refractivity contribution in [1.82, 2.24) is 0 Å². The summed E-state index contributed by atoms with van der Waals surface area (Å²) >= 11 is 2.64. The molecule has 0 amide bonds. The Kier molecular flexibility index (Phi) is 3.88. The van der Waals surface area contributed by atoms with Gasteiger partial charge in [-0.1, -0.05) is 0 Å². The fourth-order valence-electron chi connectivity index (χ4n) is 0.785. The van der Waals surface area contributed by atoms with Gasteiger partial charge in [-0.05, 0) is 13.8 Å². The summed E-state index contributed by atoms with van der Waals surface area (Å²) in [7, 11) is 0. The quantitative estimate of drug-likeness (QED) is 0.303. The van der Waals surface area contributed by atoms with Crippen LogP contribution in [0.2, 0.25) is 0 Å². The summed E-state index contributed by atoms with van der Waals surface area (Å²) < 4.78 is 5.27. The summed E-state index contributed by atoms with van der Waals surface area (Å²) in [6.45, 7) is 3.33. The fourth-order valence-corrected chi connectivity index (χ4v) is 2.35. The van der Waals surface area contributed by atoms with E-state index in [1.807, 2.05) is 0 Å². The lowest BCUT2D eigenvalue weighted by Gasteiger charge is -2.20. The average molecular weight is 233 g/mol. The third-order valence-electron chi connectivity index (χ3n) is 1.34. The van der Waals surface area contributed by atoms with Crippen LogP contribution in [0.4, 0.5) is 0 Å². The van der Waals surface area contributed by atoms with Crippen molar-refractivity contribution in [3.05, 3.63) is 9.81 Å². The Labute approximate surface area is 90.1 Å². The smallest absolute Gasteiger partial charge is 0.341 e. The monoisotopic (exact) mass is 233 g/mol. The predicted molar refractivity (Wildman–Crippen MR) is 53.3 cm³/mol.